The highest BCUT2D eigenvalue weighted by atomic mass is 35.5. The molecule has 1 aromatic heterocycles. The highest BCUT2D eigenvalue weighted by Gasteiger charge is 2.47. The lowest BCUT2D eigenvalue weighted by Gasteiger charge is -2.39. The molecule has 0 aliphatic carbocycles. The van der Waals surface area contributed by atoms with Crippen molar-refractivity contribution in [3.05, 3.63) is 23.2 Å². The number of hydrogen-bond donors (Lipinski definition) is 1. The molecular weight excluding hydrogens is 322 g/mol. The van der Waals surface area contributed by atoms with Crippen molar-refractivity contribution in [3.8, 4) is 0 Å². The van der Waals surface area contributed by atoms with E-state index in [2.05, 4.69) is 9.97 Å². The van der Waals surface area contributed by atoms with E-state index in [1.807, 2.05) is 0 Å². The van der Waals surface area contributed by atoms with Gasteiger partial charge in [0.1, 0.15) is 16.2 Å². The number of halogens is 1. The van der Waals surface area contributed by atoms with Gasteiger partial charge in [0.15, 0.2) is 0 Å². The Kier molecular flexibility index (Phi) is 4.79. The molecule has 2 heterocycles. The van der Waals surface area contributed by atoms with Crippen LogP contribution in [-0.4, -0.2) is 50.7 Å². The Labute approximate surface area is 139 Å². The number of rotatable bonds is 2. The number of aliphatic carboxylic acids is 1. The molecule has 1 aliphatic rings. The van der Waals surface area contributed by atoms with Crippen molar-refractivity contribution >= 4 is 23.7 Å². The number of carbonyl (C=O) groups is 2. The Hall–Kier alpha value is -1.89. The van der Waals surface area contributed by atoms with Crippen molar-refractivity contribution in [1.29, 1.82) is 0 Å². The third-order valence-electron chi connectivity index (χ3n) is 3.65. The lowest BCUT2D eigenvalue weighted by Crippen LogP contribution is -2.54. The molecule has 1 amide bonds. The maximum Gasteiger partial charge on any atom is 0.410 e. The number of piperidine rings is 1. The van der Waals surface area contributed by atoms with Crippen LogP contribution in [0.15, 0.2) is 12.4 Å². The topological polar surface area (TPSA) is 92.6 Å². The van der Waals surface area contributed by atoms with Crippen molar-refractivity contribution in [2.75, 3.05) is 13.1 Å². The normalized spacial score (nSPS) is 21.8. The number of aromatic nitrogens is 2. The molecule has 0 aromatic carbocycles. The molecule has 8 heteroatoms. The molecule has 2 rings (SSSR count). The Morgan fingerprint density at radius 1 is 1.39 bits per heavy atom. The van der Waals surface area contributed by atoms with Gasteiger partial charge in [0.2, 0.25) is 0 Å². The molecule has 0 spiro atoms. The van der Waals surface area contributed by atoms with E-state index >= 15 is 0 Å². The molecule has 1 N–H and O–H groups in total. The Bertz CT molecular complexity index is 617. The van der Waals surface area contributed by atoms with Crippen LogP contribution in [0.5, 0.6) is 0 Å². The van der Waals surface area contributed by atoms with E-state index in [9.17, 15) is 14.7 Å². The number of nitrogens with zero attached hydrogens (tertiary/aromatic N) is 3. The van der Waals surface area contributed by atoms with E-state index in [-0.39, 0.29) is 17.4 Å². The summed E-state index contributed by atoms with van der Waals surface area (Å²) in [6.07, 6.45) is 3.09. The molecule has 23 heavy (non-hydrogen) atoms. The first-order chi connectivity index (χ1) is 10.6. The zero-order valence-corrected chi connectivity index (χ0v) is 14.1. The Balaban J connectivity index is 2.31. The van der Waals surface area contributed by atoms with Crippen molar-refractivity contribution in [2.24, 2.45) is 0 Å². The van der Waals surface area contributed by atoms with Gasteiger partial charge in [-0.3, -0.25) is 9.78 Å². The van der Waals surface area contributed by atoms with Crippen molar-refractivity contribution < 1.29 is 19.4 Å². The smallest absolute Gasteiger partial charge is 0.410 e. The summed E-state index contributed by atoms with van der Waals surface area (Å²) in [5, 5.41) is 9.90. The van der Waals surface area contributed by atoms with Gasteiger partial charge in [0.05, 0.1) is 11.9 Å². The van der Waals surface area contributed by atoms with Gasteiger partial charge < -0.3 is 14.7 Å². The summed E-state index contributed by atoms with van der Waals surface area (Å²) in [6, 6.07) is 0. The average molecular weight is 342 g/mol. The largest absolute Gasteiger partial charge is 0.480 e. The first-order valence-corrected chi connectivity index (χ1v) is 7.71. The summed E-state index contributed by atoms with van der Waals surface area (Å²) < 4.78 is 5.34. The van der Waals surface area contributed by atoms with Gasteiger partial charge in [0.25, 0.3) is 0 Å². The molecule has 0 bridgehead atoms. The highest BCUT2D eigenvalue weighted by molar-refractivity contribution is 6.29. The number of likely N-dealkylation sites (tertiary alicyclic amines) is 1. The van der Waals surface area contributed by atoms with Crippen LogP contribution in [-0.2, 0) is 14.9 Å². The molecule has 7 nitrogen and oxygen atoms in total. The Morgan fingerprint density at radius 2 is 2.09 bits per heavy atom. The average Bonchev–Trinajstić information content (AvgIpc) is 2.45. The Morgan fingerprint density at radius 3 is 2.65 bits per heavy atom. The van der Waals surface area contributed by atoms with Gasteiger partial charge in [-0.05, 0) is 33.6 Å². The zero-order valence-electron chi connectivity index (χ0n) is 13.4. The summed E-state index contributed by atoms with van der Waals surface area (Å²) >= 11 is 5.85. The minimum Gasteiger partial charge on any atom is -0.480 e. The van der Waals surface area contributed by atoms with Crippen LogP contribution < -0.4 is 0 Å². The predicted octanol–water partition coefficient (Wildman–Crippen LogP) is 2.48. The van der Waals surface area contributed by atoms with Gasteiger partial charge in [-0.2, -0.15) is 0 Å². The van der Waals surface area contributed by atoms with Gasteiger partial charge in [-0.1, -0.05) is 11.6 Å². The molecule has 1 fully saturated rings. The number of amides is 1. The fourth-order valence-electron chi connectivity index (χ4n) is 2.60. The van der Waals surface area contributed by atoms with Gasteiger partial charge in [-0.25, -0.2) is 9.78 Å². The van der Waals surface area contributed by atoms with Gasteiger partial charge in [-0.15, -0.1) is 0 Å². The predicted molar refractivity (Wildman–Crippen MR) is 83.4 cm³/mol. The van der Waals surface area contributed by atoms with Crippen molar-refractivity contribution in [3.63, 3.8) is 0 Å². The fraction of sp³-hybridized carbons (Fsp3) is 0.600. The lowest BCUT2D eigenvalue weighted by atomic mass is 9.77. The SMILES string of the molecule is CC(C)(C)OC(=O)N1CCCC(C(=O)O)(c2cncc(Cl)n2)C1. The minimum atomic E-state index is -1.33. The number of carboxylic acid groups (broad SMARTS) is 1. The zero-order chi connectivity index (χ0) is 17.3. The second-order valence-electron chi connectivity index (χ2n) is 6.62. The maximum atomic E-state index is 12.3. The molecule has 1 aromatic rings. The van der Waals surface area contributed by atoms with E-state index < -0.39 is 23.1 Å². The van der Waals surface area contributed by atoms with Crippen LogP contribution in [0.4, 0.5) is 4.79 Å². The third-order valence-corrected chi connectivity index (χ3v) is 3.83. The fourth-order valence-corrected chi connectivity index (χ4v) is 2.75. The van der Waals surface area contributed by atoms with Crippen molar-refractivity contribution in [1.82, 2.24) is 14.9 Å². The molecule has 1 saturated heterocycles. The molecule has 1 aliphatic heterocycles. The second-order valence-corrected chi connectivity index (χ2v) is 7.01. The van der Waals surface area contributed by atoms with Crippen LogP contribution >= 0.6 is 11.6 Å². The lowest BCUT2D eigenvalue weighted by molar-refractivity contribution is -0.146. The summed E-state index contributed by atoms with van der Waals surface area (Å²) in [7, 11) is 0. The van der Waals surface area contributed by atoms with E-state index in [0.717, 1.165) is 0 Å². The van der Waals surface area contributed by atoms with E-state index in [0.29, 0.717) is 19.4 Å². The summed E-state index contributed by atoms with van der Waals surface area (Å²) in [6.45, 7) is 5.72. The van der Waals surface area contributed by atoms with E-state index in [1.54, 1.807) is 20.8 Å². The molecule has 1 unspecified atom stereocenters. The maximum absolute atomic E-state index is 12.3. The first kappa shape index (κ1) is 17.5. The van der Waals surface area contributed by atoms with Crippen LogP contribution in [0.3, 0.4) is 0 Å². The van der Waals surface area contributed by atoms with Gasteiger partial charge in [0, 0.05) is 19.3 Å². The monoisotopic (exact) mass is 341 g/mol. The minimum absolute atomic E-state index is 0.0216. The standard InChI is InChI=1S/C15H20ClN3O4/c1-14(2,3)23-13(22)19-6-4-5-15(9-19,12(20)21)10-7-17-8-11(16)18-10/h7-8H,4-6,9H2,1-3H3,(H,20,21). The van der Waals surface area contributed by atoms with Crippen LogP contribution in [0.25, 0.3) is 0 Å². The molecular formula is C15H20ClN3O4. The van der Waals surface area contributed by atoms with Crippen LogP contribution in [0.2, 0.25) is 5.15 Å². The number of carbonyl (C=O) groups excluding carboxylic acids is 1. The summed E-state index contributed by atoms with van der Waals surface area (Å²) in [5.41, 5.74) is -1.71. The van der Waals surface area contributed by atoms with Crippen LogP contribution in [0.1, 0.15) is 39.3 Å². The number of carboxylic acids is 1. The third kappa shape index (κ3) is 3.90. The number of hydrogen-bond acceptors (Lipinski definition) is 5. The summed E-state index contributed by atoms with van der Waals surface area (Å²) in [5.74, 6) is -1.05. The molecule has 1 atom stereocenters. The summed E-state index contributed by atoms with van der Waals surface area (Å²) in [4.78, 5) is 33.7. The van der Waals surface area contributed by atoms with Crippen LogP contribution in [0, 0.1) is 0 Å². The van der Waals surface area contributed by atoms with Crippen molar-refractivity contribution in [2.45, 2.75) is 44.6 Å². The highest BCUT2D eigenvalue weighted by Crippen LogP contribution is 2.34. The second kappa shape index (κ2) is 6.31. The molecule has 0 saturated carbocycles. The molecule has 126 valence electrons. The van der Waals surface area contributed by atoms with Gasteiger partial charge >= 0.3 is 12.1 Å². The first-order valence-electron chi connectivity index (χ1n) is 7.33. The van der Waals surface area contributed by atoms with E-state index in [1.165, 1.54) is 17.3 Å². The molecule has 0 radical (unpaired) electrons. The van der Waals surface area contributed by atoms with E-state index in [4.69, 9.17) is 16.3 Å². The quantitative estimate of drug-likeness (QED) is 0.888. The number of ether oxygens (including phenoxy) is 1.